The van der Waals surface area contributed by atoms with E-state index in [0.29, 0.717) is 23.1 Å². The largest absolute Gasteiger partial charge is 0.491 e. The number of halogens is 2. The molecule has 0 aliphatic rings. The molecule has 0 aliphatic heterocycles. The normalized spacial score (nSPS) is 12.3. The van der Waals surface area contributed by atoms with E-state index in [1.807, 2.05) is 13.8 Å². The molecule has 1 unspecified atom stereocenters. The Morgan fingerprint density at radius 3 is 2.59 bits per heavy atom. The standard InChI is InChI=1S/C25H27ClFNO6/c1-14(2)20(13-30)28-12-18(25(32)33)24(31)17-10-15(9-16-5-3-6-19(26)22(16)27)11-21(23(17)28)34-8-4-7-29/h3,5-6,10-12,14,20,29-30H,4,7-9,13H2,1-2H3,(H,32,33). The van der Waals surface area contributed by atoms with Crippen LogP contribution in [0.1, 0.15) is 47.8 Å². The SMILES string of the molecule is CC(C)C(CO)n1cc(C(=O)O)c(=O)c2cc(Cc3cccc(Cl)c3F)cc(OCCCO)c21. The van der Waals surface area contributed by atoms with E-state index >= 15 is 0 Å². The van der Waals surface area contributed by atoms with Gasteiger partial charge in [-0.1, -0.05) is 37.6 Å². The Bertz CT molecular complexity index is 1260. The summed E-state index contributed by atoms with van der Waals surface area (Å²) in [5, 5.41) is 28.9. The van der Waals surface area contributed by atoms with Crippen LogP contribution in [0.25, 0.3) is 10.9 Å². The number of fused-ring (bicyclic) bond motifs is 1. The summed E-state index contributed by atoms with van der Waals surface area (Å²) in [6, 6.07) is 7.27. The number of aliphatic hydroxyl groups excluding tert-OH is 2. The first-order valence-corrected chi connectivity index (χ1v) is 11.3. The second-order valence-electron chi connectivity index (χ2n) is 8.38. The molecule has 2 aromatic carbocycles. The van der Waals surface area contributed by atoms with Gasteiger partial charge in [0.15, 0.2) is 0 Å². The summed E-state index contributed by atoms with van der Waals surface area (Å²) in [5.74, 6) is -1.79. The number of aromatic nitrogens is 1. The van der Waals surface area contributed by atoms with Crippen molar-refractivity contribution in [2.24, 2.45) is 5.92 Å². The van der Waals surface area contributed by atoms with Crippen molar-refractivity contribution in [2.45, 2.75) is 32.7 Å². The van der Waals surface area contributed by atoms with Gasteiger partial charge in [-0.2, -0.15) is 0 Å². The molecular formula is C25H27ClFNO6. The first kappa shape index (κ1) is 25.7. The molecule has 0 fully saturated rings. The molecule has 9 heteroatoms. The molecular weight excluding hydrogens is 465 g/mol. The second-order valence-corrected chi connectivity index (χ2v) is 8.79. The van der Waals surface area contributed by atoms with Crippen molar-refractivity contribution < 1.29 is 29.2 Å². The van der Waals surface area contributed by atoms with Crippen LogP contribution in [0.4, 0.5) is 4.39 Å². The Balaban J connectivity index is 2.33. The van der Waals surface area contributed by atoms with Crippen molar-refractivity contribution in [3.05, 3.63) is 74.3 Å². The Morgan fingerprint density at radius 1 is 1.24 bits per heavy atom. The van der Waals surface area contributed by atoms with Crippen LogP contribution in [0, 0.1) is 11.7 Å². The minimum Gasteiger partial charge on any atom is -0.491 e. The third-order valence-electron chi connectivity index (χ3n) is 5.68. The molecule has 1 heterocycles. The lowest BCUT2D eigenvalue weighted by Gasteiger charge is -2.26. The third kappa shape index (κ3) is 5.24. The highest BCUT2D eigenvalue weighted by molar-refractivity contribution is 6.30. The van der Waals surface area contributed by atoms with Gasteiger partial charge in [-0.15, -0.1) is 0 Å². The van der Waals surface area contributed by atoms with Crippen LogP contribution in [0.5, 0.6) is 5.75 Å². The second kappa shape index (κ2) is 11.0. The number of hydrogen-bond acceptors (Lipinski definition) is 5. The fraction of sp³-hybridized carbons (Fsp3) is 0.360. The van der Waals surface area contributed by atoms with Gasteiger partial charge in [0.2, 0.25) is 5.43 Å². The number of benzene rings is 2. The summed E-state index contributed by atoms with van der Waals surface area (Å²) in [5.41, 5.74) is -0.00291. The number of aliphatic hydroxyl groups is 2. The molecule has 1 atom stereocenters. The maximum absolute atomic E-state index is 14.5. The summed E-state index contributed by atoms with van der Waals surface area (Å²) in [4.78, 5) is 25.0. The summed E-state index contributed by atoms with van der Waals surface area (Å²) in [7, 11) is 0. The molecule has 1 aromatic heterocycles. The summed E-state index contributed by atoms with van der Waals surface area (Å²) in [6.07, 6.45) is 1.64. The summed E-state index contributed by atoms with van der Waals surface area (Å²) >= 11 is 5.91. The van der Waals surface area contributed by atoms with Crippen molar-refractivity contribution in [1.82, 2.24) is 4.57 Å². The van der Waals surface area contributed by atoms with Crippen LogP contribution in [-0.2, 0) is 6.42 Å². The van der Waals surface area contributed by atoms with Crippen molar-refractivity contribution in [1.29, 1.82) is 0 Å². The minimum absolute atomic E-state index is 0.0315. The first-order valence-electron chi connectivity index (χ1n) is 10.9. The number of carboxylic acid groups (broad SMARTS) is 1. The Morgan fingerprint density at radius 2 is 1.97 bits per heavy atom. The lowest BCUT2D eigenvalue weighted by Crippen LogP contribution is -2.26. The van der Waals surface area contributed by atoms with Crippen LogP contribution >= 0.6 is 11.6 Å². The van der Waals surface area contributed by atoms with Crippen molar-refractivity contribution in [3.8, 4) is 5.75 Å². The number of hydrogen-bond donors (Lipinski definition) is 3. The highest BCUT2D eigenvalue weighted by atomic mass is 35.5. The van der Waals surface area contributed by atoms with Crippen LogP contribution < -0.4 is 10.2 Å². The predicted octanol–water partition coefficient (Wildman–Crippen LogP) is 4.03. The molecule has 0 aliphatic carbocycles. The fourth-order valence-electron chi connectivity index (χ4n) is 3.91. The van der Waals surface area contributed by atoms with E-state index < -0.39 is 28.8 Å². The van der Waals surface area contributed by atoms with Gasteiger partial charge in [0.25, 0.3) is 0 Å². The van der Waals surface area contributed by atoms with Crippen molar-refractivity contribution >= 4 is 28.5 Å². The number of rotatable bonds is 10. The van der Waals surface area contributed by atoms with E-state index in [1.165, 1.54) is 18.3 Å². The first-order chi connectivity index (χ1) is 16.2. The minimum atomic E-state index is -1.39. The molecule has 3 rings (SSSR count). The molecule has 3 aromatic rings. The molecule has 0 bridgehead atoms. The Hall–Kier alpha value is -2.94. The fourth-order valence-corrected chi connectivity index (χ4v) is 4.10. The Labute approximate surface area is 201 Å². The zero-order valence-corrected chi connectivity index (χ0v) is 19.7. The number of pyridine rings is 1. The van der Waals surface area contributed by atoms with Gasteiger partial charge in [0, 0.05) is 25.6 Å². The van der Waals surface area contributed by atoms with Gasteiger partial charge in [-0.25, -0.2) is 9.18 Å². The third-order valence-corrected chi connectivity index (χ3v) is 5.97. The Kier molecular flexibility index (Phi) is 8.30. The molecule has 0 saturated heterocycles. The molecule has 3 N–H and O–H groups in total. The summed E-state index contributed by atoms with van der Waals surface area (Å²) < 4.78 is 22.0. The average Bonchev–Trinajstić information content (AvgIpc) is 2.78. The summed E-state index contributed by atoms with van der Waals surface area (Å²) in [6.45, 7) is 3.48. The molecule has 0 radical (unpaired) electrons. The monoisotopic (exact) mass is 491 g/mol. The zero-order valence-electron chi connectivity index (χ0n) is 18.9. The average molecular weight is 492 g/mol. The van der Waals surface area contributed by atoms with Gasteiger partial charge in [-0.3, -0.25) is 4.79 Å². The maximum Gasteiger partial charge on any atom is 0.341 e. The van der Waals surface area contributed by atoms with Gasteiger partial charge in [-0.05, 0) is 35.2 Å². The van der Waals surface area contributed by atoms with E-state index in [0.717, 1.165) is 0 Å². The van der Waals surface area contributed by atoms with E-state index in [9.17, 15) is 29.3 Å². The van der Waals surface area contributed by atoms with Gasteiger partial charge >= 0.3 is 5.97 Å². The number of carbonyl (C=O) groups is 1. The molecule has 7 nitrogen and oxygen atoms in total. The topological polar surface area (TPSA) is 109 Å². The van der Waals surface area contributed by atoms with Crippen LogP contribution in [-0.4, -0.2) is 45.7 Å². The van der Waals surface area contributed by atoms with Crippen molar-refractivity contribution in [3.63, 3.8) is 0 Å². The quantitative estimate of drug-likeness (QED) is 0.369. The van der Waals surface area contributed by atoms with E-state index in [2.05, 4.69) is 0 Å². The number of aromatic carboxylic acids is 1. The smallest absolute Gasteiger partial charge is 0.341 e. The van der Waals surface area contributed by atoms with Crippen LogP contribution in [0.3, 0.4) is 0 Å². The van der Waals surface area contributed by atoms with E-state index in [4.69, 9.17) is 16.3 Å². The van der Waals surface area contributed by atoms with Gasteiger partial charge in [0.1, 0.15) is 17.1 Å². The highest BCUT2D eigenvalue weighted by Crippen LogP contribution is 2.32. The van der Waals surface area contributed by atoms with Gasteiger partial charge < -0.3 is 24.6 Å². The molecule has 0 amide bonds. The number of carboxylic acids is 1. The molecule has 34 heavy (non-hydrogen) atoms. The molecule has 0 saturated carbocycles. The molecule has 0 spiro atoms. The van der Waals surface area contributed by atoms with E-state index in [1.54, 1.807) is 22.8 Å². The van der Waals surface area contributed by atoms with Gasteiger partial charge in [0.05, 0.1) is 35.2 Å². The van der Waals surface area contributed by atoms with Crippen LogP contribution in [0.15, 0.2) is 41.3 Å². The maximum atomic E-state index is 14.5. The lowest BCUT2D eigenvalue weighted by atomic mass is 9.98. The van der Waals surface area contributed by atoms with Crippen molar-refractivity contribution in [2.75, 3.05) is 19.8 Å². The number of ether oxygens (including phenoxy) is 1. The van der Waals surface area contributed by atoms with Crippen LogP contribution in [0.2, 0.25) is 5.02 Å². The highest BCUT2D eigenvalue weighted by Gasteiger charge is 2.24. The number of nitrogens with zero attached hydrogens (tertiary/aromatic N) is 1. The predicted molar refractivity (Wildman–Crippen MR) is 128 cm³/mol. The zero-order chi connectivity index (χ0) is 25.0. The van der Waals surface area contributed by atoms with E-state index in [-0.39, 0.29) is 48.3 Å². The molecule has 182 valence electrons. The lowest BCUT2D eigenvalue weighted by molar-refractivity contribution is 0.0693.